The summed E-state index contributed by atoms with van der Waals surface area (Å²) in [5.41, 5.74) is -1.26. The van der Waals surface area contributed by atoms with Gasteiger partial charge in [-0.2, -0.15) is 13.2 Å². The van der Waals surface area contributed by atoms with E-state index in [1.165, 1.54) is 0 Å². The number of methoxy groups -OCH3 is 1. The van der Waals surface area contributed by atoms with Crippen molar-refractivity contribution < 1.29 is 27.2 Å². The standard InChI is InChI=1S/C6H4F3NO3/c1-12-5(11)3-2-4(10-13-3)6(7,8)9/h2H,1H3. The number of ether oxygens (including phenoxy) is 1. The number of rotatable bonds is 1. The van der Waals surface area contributed by atoms with Crippen molar-refractivity contribution in [1.29, 1.82) is 0 Å². The van der Waals surface area contributed by atoms with E-state index in [0.717, 1.165) is 7.11 Å². The van der Waals surface area contributed by atoms with E-state index >= 15 is 0 Å². The minimum atomic E-state index is -4.62. The van der Waals surface area contributed by atoms with Gasteiger partial charge in [0.25, 0.3) is 0 Å². The molecule has 0 aliphatic carbocycles. The maximum atomic E-state index is 11.9. The van der Waals surface area contributed by atoms with Gasteiger partial charge in [0.2, 0.25) is 5.76 Å². The third-order valence-corrected chi connectivity index (χ3v) is 1.19. The minimum Gasteiger partial charge on any atom is -0.463 e. The topological polar surface area (TPSA) is 52.3 Å². The van der Waals surface area contributed by atoms with Crippen LogP contribution in [-0.4, -0.2) is 18.2 Å². The van der Waals surface area contributed by atoms with Crippen LogP contribution in [0.5, 0.6) is 0 Å². The number of hydrogen-bond donors (Lipinski definition) is 0. The number of nitrogens with zero attached hydrogens (tertiary/aromatic N) is 1. The normalized spacial score (nSPS) is 11.4. The van der Waals surface area contributed by atoms with Crippen LogP contribution in [0.1, 0.15) is 16.2 Å². The summed E-state index contributed by atoms with van der Waals surface area (Å²) in [7, 11) is 1.03. The quantitative estimate of drug-likeness (QED) is 0.637. The van der Waals surface area contributed by atoms with Crippen molar-refractivity contribution in [1.82, 2.24) is 5.16 Å². The van der Waals surface area contributed by atoms with Crippen molar-refractivity contribution in [3.05, 3.63) is 17.5 Å². The van der Waals surface area contributed by atoms with Crippen LogP contribution >= 0.6 is 0 Å². The average molecular weight is 195 g/mol. The highest BCUT2D eigenvalue weighted by Gasteiger charge is 2.35. The lowest BCUT2D eigenvalue weighted by molar-refractivity contribution is -0.142. The lowest BCUT2D eigenvalue weighted by Crippen LogP contribution is -2.05. The van der Waals surface area contributed by atoms with Gasteiger partial charge >= 0.3 is 12.1 Å². The summed E-state index contributed by atoms with van der Waals surface area (Å²) in [6.07, 6.45) is -4.62. The van der Waals surface area contributed by atoms with Gasteiger partial charge in [-0.05, 0) is 0 Å². The molecule has 0 saturated heterocycles. The summed E-state index contributed by atoms with van der Waals surface area (Å²) in [5.74, 6) is -1.57. The number of carbonyl (C=O) groups excluding carboxylic acids is 1. The molecule has 0 saturated carbocycles. The zero-order valence-electron chi connectivity index (χ0n) is 6.38. The van der Waals surface area contributed by atoms with Gasteiger partial charge in [0.1, 0.15) is 0 Å². The average Bonchev–Trinajstić information content (AvgIpc) is 2.50. The van der Waals surface area contributed by atoms with Crippen molar-refractivity contribution in [3.8, 4) is 0 Å². The monoisotopic (exact) mass is 195 g/mol. The fourth-order valence-electron chi connectivity index (χ4n) is 0.606. The number of carbonyl (C=O) groups is 1. The molecule has 0 spiro atoms. The third-order valence-electron chi connectivity index (χ3n) is 1.19. The summed E-state index contributed by atoms with van der Waals surface area (Å²) in [5, 5.41) is 2.66. The zero-order chi connectivity index (χ0) is 10.1. The summed E-state index contributed by atoms with van der Waals surface area (Å²) >= 11 is 0. The van der Waals surface area contributed by atoms with Crippen LogP contribution < -0.4 is 0 Å². The van der Waals surface area contributed by atoms with E-state index in [1.807, 2.05) is 0 Å². The second-order valence-electron chi connectivity index (χ2n) is 2.07. The lowest BCUT2D eigenvalue weighted by Gasteiger charge is -1.97. The van der Waals surface area contributed by atoms with Gasteiger partial charge in [0, 0.05) is 6.07 Å². The molecule has 0 unspecified atom stereocenters. The maximum Gasteiger partial charge on any atom is 0.436 e. The summed E-state index contributed by atoms with van der Waals surface area (Å²) < 4.78 is 43.9. The summed E-state index contributed by atoms with van der Waals surface area (Å²) in [6, 6.07) is 0.478. The molecule has 4 nitrogen and oxygen atoms in total. The molecule has 0 fully saturated rings. The number of halogens is 3. The second kappa shape index (κ2) is 3.08. The van der Waals surface area contributed by atoms with E-state index in [4.69, 9.17) is 0 Å². The number of alkyl halides is 3. The van der Waals surface area contributed by atoms with Gasteiger partial charge in [-0.1, -0.05) is 5.16 Å². The van der Waals surface area contributed by atoms with Crippen LogP contribution in [0.4, 0.5) is 13.2 Å². The highest BCUT2D eigenvalue weighted by atomic mass is 19.4. The molecule has 72 valence electrons. The Kier molecular flexibility index (Phi) is 2.26. The highest BCUT2D eigenvalue weighted by molar-refractivity contribution is 5.86. The Balaban J connectivity index is 2.93. The fraction of sp³-hybridized carbons (Fsp3) is 0.333. The van der Waals surface area contributed by atoms with Gasteiger partial charge in [-0.15, -0.1) is 0 Å². The first kappa shape index (κ1) is 9.56. The number of hydrogen-bond acceptors (Lipinski definition) is 4. The Hall–Kier alpha value is -1.53. The molecule has 1 heterocycles. The Morgan fingerprint density at radius 2 is 2.23 bits per heavy atom. The van der Waals surface area contributed by atoms with Crippen molar-refractivity contribution >= 4 is 5.97 Å². The molecular weight excluding hydrogens is 191 g/mol. The first-order chi connectivity index (χ1) is 5.95. The highest BCUT2D eigenvalue weighted by Crippen LogP contribution is 2.28. The Morgan fingerprint density at radius 3 is 2.62 bits per heavy atom. The zero-order valence-corrected chi connectivity index (χ0v) is 6.38. The number of esters is 1. The molecule has 7 heteroatoms. The summed E-state index contributed by atoms with van der Waals surface area (Å²) in [6.45, 7) is 0. The van der Waals surface area contributed by atoms with Gasteiger partial charge in [0.05, 0.1) is 7.11 Å². The van der Waals surface area contributed by atoms with Crippen LogP contribution in [0.3, 0.4) is 0 Å². The molecule has 13 heavy (non-hydrogen) atoms. The predicted octanol–water partition coefficient (Wildman–Crippen LogP) is 1.48. The van der Waals surface area contributed by atoms with Crippen LogP contribution in [0.15, 0.2) is 10.6 Å². The molecule has 1 rings (SSSR count). The largest absolute Gasteiger partial charge is 0.463 e. The fourth-order valence-corrected chi connectivity index (χ4v) is 0.606. The van der Waals surface area contributed by atoms with E-state index in [1.54, 1.807) is 0 Å². The Labute approximate surface area is 70.3 Å². The van der Waals surface area contributed by atoms with Crippen LogP contribution in [-0.2, 0) is 10.9 Å². The van der Waals surface area contributed by atoms with Gasteiger partial charge in [0.15, 0.2) is 5.69 Å². The minimum absolute atomic E-state index is 0.478. The lowest BCUT2D eigenvalue weighted by atomic mass is 10.3. The van der Waals surface area contributed by atoms with E-state index in [9.17, 15) is 18.0 Å². The second-order valence-corrected chi connectivity index (χ2v) is 2.07. The molecule has 0 amide bonds. The molecule has 0 atom stereocenters. The molecule has 0 bridgehead atoms. The molecule has 0 radical (unpaired) electrons. The van der Waals surface area contributed by atoms with Crippen LogP contribution in [0.25, 0.3) is 0 Å². The molecule has 1 aromatic rings. The van der Waals surface area contributed by atoms with Gasteiger partial charge in [-0.25, -0.2) is 4.79 Å². The van der Waals surface area contributed by atoms with Gasteiger partial charge in [-0.3, -0.25) is 0 Å². The first-order valence-corrected chi connectivity index (χ1v) is 3.07. The summed E-state index contributed by atoms with van der Waals surface area (Å²) in [4.78, 5) is 10.6. The van der Waals surface area contributed by atoms with E-state index < -0.39 is 23.6 Å². The Bertz CT molecular complexity index is 317. The van der Waals surface area contributed by atoms with Crippen molar-refractivity contribution in [3.63, 3.8) is 0 Å². The molecule has 1 aromatic heterocycles. The van der Waals surface area contributed by atoms with Crippen molar-refractivity contribution in [2.45, 2.75) is 6.18 Å². The van der Waals surface area contributed by atoms with E-state index in [0.29, 0.717) is 6.07 Å². The van der Waals surface area contributed by atoms with Gasteiger partial charge < -0.3 is 9.26 Å². The molecule has 0 aliphatic heterocycles. The number of aromatic nitrogens is 1. The predicted molar refractivity (Wildman–Crippen MR) is 32.8 cm³/mol. The van der Waals surface area contributed by atoms with E-state index in [-0.39, 0.29) is 0 Å². The Morgan fingerprint density at radius 1 is 1.62 bits per heavy atom. The van der Waals surface area contributed by atoms with E-state index in [2.05, 4.69) is 14.4 Å². The molecule has 0 aromatic carbocycles. The maximum absolute atomic E-state index is 11.9. The third kappa shape index (κ3) is 1.98. The molecule has 0 aliphatic rings. The van der Waals surface area contributed by atoms with Crippen molar-refractivity contribution in [2.24, 2.45) is 0 Å². The van der Waals surface area contributed by atoms with Crippen LogP contribution in [0.2, 0.25) is 0 Å². The molecular formula is C6H4F3NO3. The first-order valence-electron chi connectivity index (χ1n) is 3.07. The smallest absolute Gasteiger partial charge is 0.436 e. The molecule has 0 N–H and O–H groups in total. The van der Waals surface area contributed by atoms with Crippen LogP contribution in [0, 0.1) is 0 Å². The van der Waals surface area contributed by atoms with Crippen molar-refractivity contribution in [2.75, 3.05) is 7.11 Å². The SMILES string of the molecule is COC(=O)c1cc(C(F)(F)F)no1.